The van der Waals surface area contributed by atoms with Crippen molar-refractivity contribution < 1.29 is 9.53 Å². The fraction of sp³-hybridized carbons (Fsp3) is 0.357. The Morgan fingerprint density at radius 2 is 2.06 bits per heavy atom. The Labute approximate surface area is 107 Å². The molecular weight excluding hydrogens is 228 g/mol. The Morgan fingerprint density at radius 3 is 2.83 bits per heavy atom. The first-order valence-electron chi connectivity index (χ1n) is 6.07. The number of ether oxygens (including phenoxy) is 1. The number of hydrogen-bond donors (Lipinski definition) is 0. The smallest absolute Gasteiger partial charge is 0.324 e. The molecule has 4 nitrogen and oxygen atoms in total. The standard InChI is InChI=1S/C14H18N2O2/c1-15-8-5-9-16(14(15)17)10-11-18-12-13-6-3-2-4-7-13/h2-7,9H,8,10-12H2,1H3. The summed E-state index contributed by atoms with van der Waals surface area (Å²) in [5.74, 6) is 0. The van der Waals surface area contributed by atoms with E-state index in [1.165, 1.54) is 0 Å². The Kier molecular flexibility index (Phi) is 4.36. The fourth-order valence-corrected chi connectivity index (χ4v) is 1.79. The highest BCUT2D eigenvalue weighted by molar-refractivity contribution is 5.76. The first-order valence-corrected chi connectivity index (χ1v) is 6.07. The number of nitrogens with zero attached hydrogens (tertiary/aromatic N) is 2. The zero-order valence-corrected chi connectivity index (χ0v) is 10.6. The number of carbonyl (C=O) groups is 1. The molecule has 0 aliphatic carbocycles. The van der Waals surface area contributed by atoms with Crippen LogP contribution in [0.1, 0.15) is 5.56 Å². The molecule has 96 valence electrons. The molecule has 0 unspecified atom stereocenters. The molecule has 0 N–H and O–H groups in total. The Morgan fingerprint density at radius 1 is 1.28 bits per heavy atom. The summed E-state index contributed by atoms with van der Waals surface area (Å²) in [5.41, 5.74) is 1.15. The third-order valence-electron chi connectivity index (χ3n) is 2.82. The van der Waals surface area contributed by atoms with E-state index in [9.17, 15) is 4.79 Å². The summed E-state index contributed by atoms with van der Waals surface area (Å²) in [4.78, 5) is 15.1. The van der Waals surface area contributed by atoms with Gasteiger partial charge in [0.2, 0.25) is 0 Å². The van der Waals surface area contributed by atoms with Gasteiger partial charge in [0.15, 0.2) is 0 Å². The molecular formula is C14H18N2O2. The van der Waals surface area contributed by atoms with Crippen LogP contribution in [0.3, 0.4) is 0 Å². The van der Waals surface area contributed by atoms with Crippen LogP contribution in [-0.4, -0.2) is 42.6 Å². The lowest BCUT2D eigenvalue weighted by atomic mass is 10.2. The minimum absolute atomic E-state index is 0.0285. The molecule has 0 radical (unpaired) electrons. The van der Waals surface area contributed by atoms with E-state index < -0.39 is 0 Å². The quantitative estimate of drug-likeness (QED) is 0.745. The summed E-state index contributed by atoms with van der Waals surface area (Å²) in [7, 11) is 1.80. The van der Waals surface area contributed by atoms with Crippen LogP contribution < -0.4 is 0 Å². The Hall–Kier alpha value is -1.81. The highest BCUT2D eigenvalue weighted by Crippen LogP contribution is 2.05. The molecule has 0 fully saturated rings. The van der Waals surface area contributed by atoms with Gasteiger partial charge in [0, 0.05) is 19.8 Å². The zero-order valence-electron chi connectivity index (χ0n) is 10.6. The minimum Gasteiger partial charge on any atom is -0.375 e. The van der Waals surface area contributed by atoms with E-state index in [4.69, 9.17) is 4.74 Å². The molecule has 1 aromatic carbocycles. The molecule has 1 aromatic rings. The van der Waals surface area contributed by atoms with Crippen molar-refractivity contribution in [1.82, 2.24) is 9.80 Å². The van der Waals surface area contributed by atoms with Crippen LogP contribution in [0.5, 0.6) is 0 Å². The monoisotopic (exact) mass is 246 g/mol. The Balaban J connectivity index is 1.71. The van der Waals surface area contributed by atoms with Gasteiger partial charge in [-0.15, -0.1) is 0 Å². The molecule has 1 aliphatic heterocycles. The highest BCUT2D eigenvalue weighted by atomic mass is 16.5. The van der Waals surface area contributed by atoms with Gasteiger partial charge in [0.25, 0.3) is 0 Å². The molecule has 2 rings (SSSR count). The molecule has 1 aliphatic rings. The van der Waals surface area contributed by atoms with E-state index in [1.807, 2.05) is 42.6 Å². The number of benzene rings is 1. The van der Waals surface area contributed by atoms with Crippen LogP contribution in [-0.2, 0) is 11.3 Å². The second-order valence-electron chi connectivity index (χ2n) is 4.28. The number of carbonyl (C=O) groups excluding carboxylic acids is 1. The minimum atomic E-state index is 0.0285. The summed E-state index contributed by atoms with van der Waals surface area (Å²) in [6, 6.07) is 10.0. The fourth-order valence-electron chi connectivity index (χ4n) is 1.79. The van der Waals surface area contributed by atoms with Gasteiger partial charge < -0.3 is 9.64 Å². The molecule has 0 atom stereocenters. The maximum atomic E-state index is 11.7. The van der Waals surface area contributed by atoms with Crippen molar-refractivity contribution in [2.75, 3.05) is 26.7 Å². The zero-order chi connectivity index (χ0) is 12.8. The second-order valence-corrected chi connectivity index (χ2v) is 4.28. The summed E-state index contributed by atoms with van der Waals surface area (Å²) in [5, 5.41) is 0. The largest absolute Gasteiger partial charge is 0.375 e. The predicted molar refractivity (Wildman–Crippen MR) is 70.0 cm³/mol. The average molecular weight is 246 g/mol. The third kappa shape index (κ3) is 3.34. The van der Waals surface area contributed by atoms with Gasteiger partial charge in [-0.2, -0.15) is 0 Å². The topological polar surface area (TPSA) is 32.8 Å². The maximum Gasteiger partial charge on any atom is 0.324 e. The summed E-state index contributed by atoms with van der Waals surface area (Å²) >= 11 is 0. The van der Waals surface area contributed by atoms with Crippen molar-refractivity contribution in [3.63, 3.8) is 0 Å². The molecule has 4 heteroatoms. The SMILES string of the molecule is CN1CC=CN(CCOCc2ccccc2)C1=O. The number of likely N-dealkylation sites (N-methyl/N-ethyl adjacent to an activating group) is 1. The Bertz CT molecular complexity index is 417. The van der Waals surface area contributed by atoms with Crippen LogP contribution in [0, 0.1) is 0 Å². The van der Waals surface area contributed by atoms with E-state index in [0.29, 0.717) is 26.3 Å². The van der Waals surface area contributed by atoms with E-state index >= 15 is 0 Å². The molecule has 2 amide bonds. The average Bonchev–Trinajstić information content (AvgIpc) is 2.40. The third-order valence-corrected chi connectivity index (χ3v) is 2.82. The van der Waals surface area contributed by atoms with Crippen molar-refractivity contribution in [1.29, 1.82) is 0 Å². The van der Waals surface area contributed by atoms with Crippen molar-refractivity contribution in [3.05, 3.63) is 48.2 Å². The summed E-state index contributed by atoms with van der Waals surface area (Å²) in [6.45, 7) is 2.40. The van der Waals surface area contributed by atoms with Crippen molar-refractivity contribution >= 4 is 6.03 Å². The van der Waals surface area contributed by atoms with Crippen molar-refractivity contribution in [2.24, 2.45) is 0 Å². The van der Waals surface area contributed by atoms with Gasteiger partial charge in [-0.3, -0.25) is 4.90 Å². The van der Waals surface area contributed by atoms with Gasteiger partial charge in [-0.25, -0.2) is 4.79 Å². The first-order chi connectivity index (χ1) is 8.77. The van der Waals surface area contributed by atoms with E-state index in [0.717, 1.165) is 5.56 Å². The normalized spacial score (nSPS) is 15.3. The maximum absolute atomic E-state index is 11.7. The summed E-state index contributed by atoms with van der Waals surface area (Å²) in [6.07, 6.45) is 3.80. The number of urea groups is 1. The van der Waals surface area contributed by atoms with Crippen LogP contribution in [0.15, 0.2) is 42.6 Å². The van der Waals surface area contributed by atoms with Crippen molar-refractivity contribution in [3.8, 4) is 0 Å². The number of amides is 2. The number of rotatable bonds is 5. The molecule has 1 heterocycles. The molecule has 0 bridgehead atoms. The first kappa shape index (κ1) is 12.6. The van der Waals surface area contributed by atoms with Crippen LogP contribution in [0.2, 0.25) is 0 Å². The van der Waals surface area contributed by atoms with Crippen LogP contribution in [0.4, 0.5) is 4.79 Å². The van der Waals surface area contributed by atoms with Crippen LogP contribution in [0.25, 0.3) is 0 Å². The molecule has 0 saturated carbocycles. The van der Waals surface area contributed by atoms with Gasteiger partial charge in [0.05, 0.1) is 19.8 Å². The van der Waals surface area contributed by atoms with E-state index in [1.54, 1.807) is 16.8 Å². The van der Waals surface area contributed by atoms with Crippen LogP contribution >= 0.6 is 0 Å². The number of hydrogen-bond acceptors (Lipinski definition) is 2. The van der Waals surface area contributed by atoms with Gasteiger partial charge in [-0.05, 0) is 11.6 Å². The predicted octanol–water partition coefficient (Wildman–Crippen LogP) is 2.08. The lowest BCUT2D eigenvalue weighted by Gasteiger charge is -2.28. The highest BCUT2D eigenvalue weighted by Gasteiger charge is 2.17. The van der Waals surface area contributed by atoms with E-state index in [2.05, 4.69) is 0 Å². The summed E-state index contributed by atoms with van der Waals surface area (Å²) < 4.78 is 5.56. The molecule has 0 aromatic heterocycles. The van der Waals surface area contributed by atoms with Gasteiger partial charge in [0.1, 0.15) is 0 Å². The van der Waals surface area contributed by atoms with E-state index in [-0.39, 0.29) is 6.03 Å². The lowest BCUT2D eigenvalue weighted by Crippen LogP contribution is -2.42. The van der Waals surface area contributed by atoms with Gasteiger partial charge in [-0.1, -0.05) is 30.3 Å². The second kappa shape index (κ2) is 6.21. The van der Waals surface area contributed by atoms with Gasteiger partial charge >= 0.3 is 6.03 Å². The molecule has 18 heavy (non-hydrogen) atoms. The molecule has 0 spiro atoms. The molecule has 0 saturated heterocycles. The van der Waals surface area contributed by atoms with Crippen molar-refractivity contribution in [2.45, 2.75) is 6.61 Å². The lowest BCUT2D eigenvalue weighted by molar-refractivity contribution is 0.102.